The zero-order chi connectivity index (χ0) is 12.4. The Balaban J connectivity index is 2.22. The van der Waals surface area contributed by atoms with E-state index in [2.05, 4.69) is 4.98 Å². The molecule has 0 N–H and O–H groups in total. The summed E-state index contributed by atoms with van der Waals surface area (Å²) < 4.78 is 5.49. The van der Waals surface area contributed by atoms with Gasteiger partial charge in [-0.15, -0.1) is 0 Å². The molecule has 1 fully saturated rings. The topological polar surface area (TPSA) is 42.4 Å². The number of hydrogen-bond donors (Lipinski definition) is 0. The first-order valence-electron chi connectivity index (χ1n) is 5.61. The van der Waals surface area contributed by atoms with Crippen LogP contribution in [0.2, 0.25) is 5.02 Å². The number of carbonyl (C=O) groups excluding carboxylic acids is 1. The van der Waals surface area contributed by atoms with E-state index < -0.39 is 0 Å². The van der Waals surface area contributed by atoms with E-state index in [0.29, 0.717) is 23.7 Å². The van der Waals surface area contributed by atoms with Crippen molar-refractivity contribution in [2.75, 3.05) is 13.2 Å². The van der Waals surface area contributed by atoms with Gasteiger partial charge in [-0.2, -0.15) is 0 Å². The third kappa shape index (κ3) is 2.58. The van der Waals surface area contributed by atoms with Crippen molar-refractivity contribution in [2.45, 2.75) is 26.0 Å². The minimum absolute atomic E-state index is 0.0607. The Morgan fingerprint density at radius 3 is 3.06 bits per heavy atom. The van der Waals surface area contributed by atoms with Crippen LogP contribution in [-0.4, -0.2) is 41.1 Å². The lowest BCUT2D eigenvalue weighted by molar-refractivity contribution is -0.0387. The zero-order valence-corrected chi connectivity index (χ0v) is 10.6. The Bertz CT molecular complexity index is 425. The quantitative estimate of drug-likeness (QED) is 0.770. The molecule has 2 heterocycles. The van der Waals surface area contributed by atoms with E-state index in [4.69, 9.17) is 16.3 Å². The molecule has 0 aliphatic carbocycles. The van der Waals surface area contributed by atoms with Crippen molar-refractivity contribution in [3.05, 3.63) is 29.0 Å². The van der Waals surface area contributed by atoms with Crippen molar-refractivity contribution in [3.8, 4) is 0 Å². The van der Waals surface area contributed by atoms with Gasteiger partial charge < -0.3 is 9.64 Å². The second-order valence-corrected chi connectivity index (χ2v) is 4.71. The first-order chi connectivity index (χ1) is 8.09. The molecule has 0 spiro atoms. The van der Waals surface area contributed by atoms with Gasteiger partial charge in [0.1, 0.15) is 0 Å². The highest BCUT2D eigenvalue weighted by molar-refractivity contribution is 6.33. The lowest BCUT2D eigenvalue weighted by Crippen LogP contribution is -2.50. The molecule has 1 saturated heterocycles. The molecule has 92 valence electrons. The molecule has 0 bridgehead atoms. The normalized spacial score (nSPS) is 24.8. The summed E-state index contributed by atoms with van der Waals surface area (Å²) in [6.07, 6.45) is 3.15. The lowest BCUT2D eigenvalue weighted by atomic mass is 10.1. The van der Waals surface area contributed by atoms with E-state index in [0.717, 1.165) is 0 Å². The van der Waals surface area contributed by atoms with Gasteiger partial charge in [0.2, 0.25) is 0 Å². The number of morpholine rings is 1. The molecule has 5 heteroatoms. The summed E-state index contributed by atoms with van der Waals surface area (Å²) in [4.78, 5) is 18.1. The number of rotatable bonds is 1. The van der Waals surface area contributed by atoms with Crippen LogP contribution in [0.3, 0.4) is 0 Å². The Labute approximate surface area is 106 Å². The first-order valence-corrected chi connectivity index (χ1v) is 5.99. The number of pyridine rings is 1. The van der Waals surface area contributed by atoms with E-state index in [-0.39, 0.29) is 18.1 Å². The van der Waals surface area contributed by atoms with Gasteiger partial charge in [-0.1, -0.05) is 11.6 Å². The highest BCUT2D eigenvalue weighted by Gasteiger charge is 2.29. The Morgan fingerprint density at radius 1 is 1.59 bits per heavy atom. The van der Waals surface area contributed by atoms with Crippen LogP contribution in [0.4, 0.5) is 0 Å². The zero-order valence-electron chi connectivity index (χ0n) is 9.89. The van der Waals surface area contributed by atoms with E-state index in [1.165, 1.54) is 6.20 Å². The van der Waals surface area contributed by atoms with Crippen LogP contribution >= 0.6 is 11.6 Å². The van der Waals surface area contributed by atoms with Crippen LogP contribution in [0.15, 0.2) is 18.5 Å². The smallest absolute Gasteiger partial charge is 0.257 e. The number of ether oxygens (including phenoxy) is 1. The molecule has 4 nitrogen and oxygen atoms in total. The molecule has 1 aromatic heterocycles. The Kier molecular flexibility index (Phi) is 3.64. The average molecular weight is 255 g/mol. The fraction of sp³-hybridized carbons (Fsp3) is 0.500. The summed E-state index contributed by atoms with van der Waals surface area (Å²) in [7, 11) is 0. The predicted molar refractivity (Wildman–Crippen MR) is 65.2 cm³/mol. The standard InChI is InChI=1S/C12H15ClN2O2/c1-8-7-17-9(2)6-15(8)12(16)10-5-14-4-3-11(10)13/h3-5,8-9H,6-7H2,1-2H3. The maximum atomic E-state index is 12.3. The third-order valence-electron chi connectivity index (χ3n) is 2.87. The van der Waals surface area contributed by atoms with E-state index in [9.17, 15) is 4.79 Å². The molecule has 1 aliphatic heterocycles. The number of aromatic nitrogens is 1. The molecule has 2 rings (SSSR count). The number of carbonyl (C=O) groups is 1. The van der Waals surface area contributed by atoms with E-state index >= 15 is 0 Å². The van der Waals surface area contributed by atoms with Crippen LogP contribution in [0, 0.1) is 0 Å². The molecule has 2 unspecified atom stereocenters. The van der Waals surface area contributed by atoms with Crippen LogP contribution < -0.4 is 0 Å². The van der Waals surface area contributed by atoms with Crippen LogP contribution in [0.25, 0.3) is 0 Å². The maximum Gasteiger partial charge on any atom is 0.257 e. The molecule has 0 aromatic carbocycles. The molecule has 0 saturated carbocycles. The second kappa shape index (κ2) is 5.02. The van der Waals surface area contributed by atoms with Gasteiger partial charge in [-0.05, 0) is 19.9 Å². The van der Waals surface area contributed by atoms with Gasteiger partial charge in [-0.25, -0.2) is 0 Å². The van der Waals surface area contributed by atoms with Gasteiger partial charge in [0.15, 0.2) is 0 Å². The molecule has 1 aliphatic rings. The molecular weight excluding hydrogens is 240 g/mol. The highest BCUT2D eigenvalue weighted by Crippen LogP contribution is 2.20. The summed E-state index contributed by atoms with van der Waals surface area (Å²) in [6, 6.07) is 1.69. The van der Waals surface area contributed by atoms with Crippen molar-refractivity contribution in [2.24, 2.45) is 0 Å². The summed E-state index contributed by atoms with van der Waals surface area (Å²) >= 11 is 6.00. The fourth-order valence-electron chi connectivity index (χ4n) is 1.88. The van der Waals surface area contributed by atoms with Crippen molar-refractivity contribution in [3.63, 3.8) is 0 Å². The van der Waals surface area contributed by atoms with Gasteiger partial charge in [-0.3, -0.25) is 9.78 Å². The largest absolute Gasteiger partial charge is 0.375 e. The van der Waals surface area contributed by atoms with Crippen molar-refractivity contribution >= 4 is 17.5 Å². The highest BCUT2D eigenvalue weighted by atomic mass is 35.5. The van der Waals surface area contributed by atoms with E-state index in [1.807, 2.05) is 13.8 Å². The molecule has 1 aromatic rings. The minimum atomic E-state index is -0.0780. The number of amides is 1. The Morgan fingerprint density at radius 2 is 2.35 bits per heavy atom. The molecule has 0 radical (unpaired) electrons. The SMILES string of the molecule is CC1CN(C(=O)c2cnccc2Cl)C(C)CO1. The average Bonchev–Trinajstić information content (AvgIpc) is 2.32. The second-order valence-electron chi connectivity index (χ2n) is 4.31. The lowest BCUT2D eigenvalue weighted by Gasteiger charge is -2.36. The number of hydrogen-bond acceptors (Lipinski definition) is 3. The van der Waals surface area contributed by atoms with Crippen molar-refractivity contribution < 1.29 is 9.53 Å². The molecule has 17 heavy (non-hydrogen) atoms. The summed E-state index contributed by atoms with van der Waals surface area (Å²) in [5.41, 5.74) is 0.454. The summed E-state index contributed by atoms with van der Waals surface area (Å²) in [6.45, 7) is 5.07. The van der Waals surface area contributed by atoms with Crippen molar-refractivity contribution in [1.82, 2.24) is 9.88 Å². The maximum absolute atomic E-state index is 12.3. The summed E-state index contributed by atoms with van der Waals surface area (Å²) in [5, 5.41) is 0.441. The number of halogens is 1. The molecule has 1 amide bonds. The first kappa shape index (κ1) is 12.3. The van der Waals surface area contributed by atoms with E-state index in [1.54, 1.807) is 17.2 Å². The van der Waals surface area contributed by atoms with Gasteiger partial charge in [0.25, 0.3) is 5.91 Å². The monoisotopic (exact) mass is 254 g/mol. The van der Waals surface area contributed by atoms with Gasteiger partial charge in [0, 0.05) is 18.9 Å². The molecule has 2 atom stereocenters. The van der Waals surface area contributed by atoms with Crippen LogP contribution in [-0.2, 0) is 4.74 Å². The third-order valence-corrected chi connectivity index (χ3v) is 3.20. The Hall–Kier alpha value is -1.13. The van der Waals surface area contributed by atoms with Crippen molar-refractivity contribution in [1.29, 1.82) is 0 Å². The minimum Gasteiger partial charge on any atom is -0.375 e. The van der Waals surface area contributed by atoms with Gasteiger partial charge >= 0.3 is 0 Å². The van der Waals surface area contributed by atoms with Gasteiger partial charge in [0.05, 0.1) is 29.3 Å². The number of nitrogens with zero attached hydrogens (tertiary/aromatic N) is 2. The predicted octanol–water partition coefficient (Wildman–Crippen LogP) is 1.98. The summed E-state index contributed by atoms with van der Waals surface area (Å²) in [5.74, 6) is -0.0780. The molecular formula is C12H15ClN2O2. The fourth-order valence-corrected chi connectivity index (χ4v) is 2.06. The van der Waals surface area contributed by atoms with Crippen LogP contribution in [0.1, 0.15) is 24.2 Å². The van der Waals surface area contributed by atoms with Crippen LogP contribution in [0.5, 0.6) is 0 Å².